The molecule has 1 aliphatic rings. The van der Waals surface area contributed by atoms with Crippen LogP contribution in [0.5, 0.6) is 0 Å². The van der Waals surface area contributed by atoms with Crippen LogP contribution >= 0.6 is 0 Å². The number of benzene rings is 1. The second kappa shape index (κ2) is 4.99. The van der Waals surface area contributed by atoms with Crippen LogP contribution in [0.2, 0.25) is 0 Å². The Morgan fingerprint density at radius 3 is 2.47 bits per heavy atom. The van der Waals surface area contributed by atoms with Gasteiger partial charge in [0.05, 0.1) is 11.1 Å². The first-order valence-corrected chi connectivity index (χ1v) is 6.27. The van der Waals surface area contributed by atoms with Crippen LogP contribution in [0.25, 0.3) is 0 Å². The number of nitrogens with one attached hydrogen (secondary N) is 1. The zero-order chi connectivity index (χ0) is 14.0. The highest BCUT2D eigenvalue weighted by Gasteiger charge is 2.31. The zero-order valence-electron chi connectivity index (χ0n) is 10.7. The van der Waals surface area contributed by atoms with E-state index in [9.17, 15) is 14.0 Å². The van der Waals surface area contributed by atoms with Gasteiger partial charge in [0.1, 0.15) is 5.82 Å². The maximum Gasteiger partial charge on any atom is 0.335 e. The van der Waals surface area contributed by atoms with Gasteiger partial charge >= 0.3 is 5.97 Å². The van der Waals surface area contributed by atoms with Crippen molar-refractivity contribution in [2.24, 2.45) is 0 Å². The van der Waals surface area contributed by atoms with Gasteiger partial charge in [-0.1, -0.05) is 12.8 Å². The summed E-state index contributed by atoms with van der Waals surface area (Å²) in [6.45, 7) is 1.95. The molecule has 1 saturated carbocycles. The molecule has 2 N–H and O–H groups in total. The quantitative estimate of drug-likeness (QED) is 0.882. The van der Waals surface area contributed by atoms with Crippen molar-refractivity contribution >= 4 is 11.9 Å². The molecule has 19 heavy (non-hydrogen) atoms. The Bertz CT molecular complexity index is 521. The van der Waals surface area contributed by atoms with E-state index < -0.39 is 17.7 Å². The molecular formula is C14H16FNO3. The first kappa shape index (κ1) is 13.5. The Morgan fingerprint density at radius 1 is 1.32 bits per heavy atom. The number of hydrogen-bond acceptors (Lipinski definition) is 2. The number of aromatic carboxylic acids is 1. The third-order valence-electron chi connectivity index (χ3n) is 3.58. The Balaban J connectivity index is 2.17. The van der Waals surface area contributed by atoms with Crippen molar-refractivity contribution in [3.8, 4) is 0 Å². The molecule has 0 heterocycles. The summed E-state index contributed by atoms with van der Waals surface area (Å²) in [5.74, 6) is -2.51. The lowest BCUT2D eigenvalue weighted by Crippen LogP contribution is -2.43. The number of carboxylic acid groups (broad SMARTS) is 1. The van der Waals surface area contributed by atoms with Gasteiger partial charge in [-0.2, -0.15) is 0 Å². The molecule has 0 spiro atoms. The van der Waals surface area contributed by atoms with E-state index in [2.05, 4.69) is 5.32 Å². The molecule has 0 radical (unpaired) electrons. The van der Waals surface area contributed by atoms with E-state index in [0.29, 0.717) is 0 Å². The van der Waals surface area contributed by atoms with Gasteiger partial charge in [0, 0.05) is 5.54 Å². The van der Waals surface area contributed by atoms with E-state index in [1.807, 2.05) is 6.92 Å². The first-order valence-electron chi connectivity index (χ1n) is 6.27. The predicted octanol–water partition coefficient (Wildman–Crippen LogP) is 2.59. The molecule has 1 aromatic rings. The lowest BCUT2D eigenvalue weighted by atomic mass is 9.99. The maximum absolute atomic E-state index is 13.7. The fourth-order valence-electron chi connectivity index (χ4n) is 2.45. The average molecular weight is 265 g/mol. The Morgan fingerprint density at radius 2 is 1.95 bits per heavy atom. The second-order valence-corrected chi connectivity index (χ2v) is 5.22. The number of carboxylic acids is 1. The molecule has 0 aliphatic heterocycles. The molecule has 0 bridgehead atoms. The lowest BCUT2D eigenvalue weighted by molar-refractivity contribution is 0.0695. The standard InChI is InChI=1S/C14H16FNO3/c1-14(6-2-3-7-14)16-12(17)10-5-4-9(13(18)19)8-11(10)15/h4-5,8H,2-3,6-7H2,1H3,(H,16,17)(H,18,19). The predicted molar refractivity (Wildman–Crippen MR) is 67.7 cm³/mol. The highest BCUT2D eigenvalue weighted by Crippen LogP contribution is 2.29. The molecule has 1 amide bonds. The maximum atomic E-state index is 13.7. The van der Waals surface area contributed by atoms with Crippen LogP contribution in [0.3, 0.4) is 0 Å². The lowest BCUT2D eigenvalue weighted by Gasteiger charge is -2.25. The van der Waals surface area contributed by atoms with E-state index in [1.54, 1.807) is 0 Å². The van der Waals surface area contributed by atoms with Crippen molar-refractivity contribution in [2.75, 3.05) is 0 Å². The van der Waals surface area contributed by atoms with Gasteiger partial charge in [-0.3, -0.25) is 4.79 Å². The molecule has 1 aliphatic carbocycles. The van der Waals surface area contributed by atoms with Gasteiger partial charge in [-0.05, 0) is 38.0 Å². The Kier molecular flexibility index (Phi) is 3.55. The van der Waals surface area contributed by atoms with Crippen molar-refractivity contribution < 1.29 is 19.1 Å². The smallest absolute Gasteiger partial charge is 0.335 e. The average Bonchev–Trinajstić information content (AvgIpc) is 2.75. The molecule has 0 atom stereocenters. The third kappa shape index (κ3) is 2.92. The van der Waals surface area contributed by atoms with Crippen molar-refractivity contribution in [1.82, 2.24) is 5.32 Å². The van der Waals surface area contributed by atoms with Gasteiger partial charge in [0.25, 0.3) is 5.91 Å². The first-order chi connectivity index (χ1) is 8.91. The largest absolute Gasteiger partial charge is 0.478 e. The number of carbonyl (C=O) groups is 2. The van der Waals surface area contributed by atoms with Crippen molar-refractivity contribution in [1.29, 1.82) is 0 Å². The molecule has 0 saturated heterocycles. The minimum atomic E-state index is -1.21. The van der Waals surface area contributed by atoms with E-state index in [1.165, 1.54) is 12.1 Å². The van der Waals surface area contributed by atoms with E-state index in [4.69, 9.17) is 5.11 Å². The highest BCUT2D eigenvalue weighted by atomic mass is 19.1. The monoisotopic (exact) mass is 265 g/mol. The van der Waals surface area contributed by atoms with Gasteiger partial charge in [-0.25, -0.2) is 9.18 Å². The number of carbonyl (C=O) groups excluding carboxylic acids is 1. The van der Waals surface area contributed by atoms with Gasteiger partial charge in [0.2, 0.25) is 0 Å². The summed E-state index contributed by atoms with van der Waals surface area (Å²) < 4.78 is 13.7. The molecule has 102 valence electrons. The van der Waals surface area contributed by atoms with E-state index >= 15 is 0 Å². The summed E-state index contributed by atoms with van der Waals surface area (Å²) in [4.78, 5) is 22.7. The molecule has 4 nitrogen and oxygen atoms in total. The number of rotatable bonds is 3. The number of halogens is 1. The van der Waals surface area contributed by atoms with Crippen LogP contribution in [-0.4, -0.2) is 22.5 Å². The second-order valence-electron chi connectivity index (χ2n) is 5.22. The van der Waals surface area contributed by atoms with Crippen molar-refractivity contribution in [2.45, 2.75) is 38.1 Å². The van der Waals surface area contributed by atoms with Crippen LogP contribution in [-0.2, 0) is 0 Å². The summed E-state index contributed by atoms with van der Waals surface area (Å²) in [6.07, 6.45) is 3.87. The van der Waals surface area contributed by atoms with Crippen LogP contribution in [0.4, 0.5) is 4.39 Å². The molecule has 1 fully saturated rings. The molecule has 0 unspecified atom stereocenters. The van der Waals surface area contributed by atoms with Crippen molar-refractivity contribution in [3.05, 3.63) is 35.1 Å². The van der Waals surface area contributed by atoms with Crippen LogP contribution < -0.4 is 5.32 Å². The molecule has 1 aromatic carbocycles. The highest BCUT2D eigenvalue weighted by molar-refractivity contribution is 5.96. The topological polar surface area (TPSA) is 66.4 Å². The third-order valence-corrected chi connectivity index (χ3v) is 3.58. The van der Waals surface area contributed by atoms with Gasteiger partial charge < -0.3 is 10.4 Å². The molecule has 5 heteroatoms. The SMILES string of the molecule is CC1(NC(=O)c2ccc(C(=O)O)cc2F)CCCC1. The van der Waals surface area contributed by atoms with Gasteiger partial charge in [-0.15, -0.1) is 0 Å². The summed E-state index contributed by atoms with van der Waals surface area (Å²) in [5, 5.41) is 11.6. The zero-order valence-corrected chi connectivity index (χ0v) is 10.7. The molecule has 0 aromatic heterocycles. The number of amides is 1. The van der Waals surface area contributed by atoms with Crippen molar-refractivity contribution in [3.63, 3.8) is 0 Å². The van der Waals surface area contributed by atoms with E-state index in [0.717, 1.165) is 31.7 Å². The fourth-order valence-corrected chi connectivity index (χ4v) is 2.45. The van der Waals surface area contributed by atoms with Crippen LogP contribution in [0.15, 0.2) is 18.2 Å². The fraction of sp³-hybridized carbons (Fsp3) is 0.429. The molecule has 2 rings (SSSR count). The van der Waals surface area contributed by atoms with Crippen LogP contribution in [0, 0.1) is 5.82 Å². The van der Waals surface area contributed by atoms with E-state index in [-0.39, 0.29) is 16.7 Å². The minimum absolute atomic E-state index is 0.113. The normalized spacial score (nSPS) is 17.2. The summed E-state index contributed by atoms with van der Waals surface area (Å²) in [6, 6.07) is 3.32. The summed E-state index contributed by atoms with van der Waals surface area (Å²) in [5.41, 5.74) is -0.561. The Hall–Kier alpha value is -1.91. The van der Waals surface area contributed by atoms with Crippen LogP contribution in [0.1, 0.15) is 53.3 Å². The summed E-state index contributed by atoms with van der Waals surface area (Å²) >= 11 is 0. The van der Waals surface area contributed by atoms with Gasteiger partial charge in [0.15, 0.2) is 0 Å². The minimum Gasteiger partial charge on any atom is -0.478 e. The Labute approximate surface area is 110 Å². The molecular weight excluding hydrogens is 249 g/mol. The summed E-state index contributed by atoms with van der Waals surface area (Å²) in [7, 11) is 0. The number of hydrogen-bond donors (Lipinski definition) is 2.